The Kier molecular flexibility index (Phi) is 4.32. The van der Waals surface area contributed by atoms with Crippen LogP contribution in [-0.2, 0) is 11.8 Å². The van der Waals surface area contributed by atoms with Gasteiger partial charge in [0, 0.05) is 43.0 Å². The molecule has 1 heterocycles. The summed E-state index contributed by atoms with van der Waals surface area (Å²) in [5.74, 6) is 1.21. The van der Waals surface area contributed by atoms with Crippen molar-refractivity contribution in [1.82, 2.24) is 9.88 Å². The van der Waals surface area contributed by atoms with Gasteiger partial charge in [-0.1, -0.05) is 13.8 Å². The highest BCUT2D eigenvalue weighted by atomic mass is 16.5. The molecule has 2 rings (SSSR count). The highest BCUT2D eigenvalue weighted by Crippen LogP contribution is 2.30. The summed E-state index contributed by atoms with van der Waals surface area (Å²) in [7, 11) is 3.71. The number of fused-ring (bicyclic) bond motifs is 1. The third-order valence-electron chi connectivity index (χ3n) is 3.68. The molecule has 0 radical (unpaired) electrons. The predicted octanol–water partition coefficient (Wildman–Crippen LogP) is 2.82. The van der Waals surface area contributed by atoms with E-state index in [4.69, 9.17) is 4.74 Å². The summed E-state index contributed by atoms with van der Waals surface area (Å²) >= 11 is 0. The van der Waals surface area contributed by atoms with Crippen molar-refractivity contribution in [3.63, 3.8) is 0 Å². The van der Waals surface area contributed by atoms with Gasteiger partial charge in [0.15, 0.2) is 0 Å². The number of hydrogen-bond acceptors (Lipinski definition) is 2. The van der Waals surface area contributed by atoms with E-state index in [2.05, 4.69) is 35.1 Å². The van der Waals surface area contributed by atoms with Crippen LogP contribution < -0.4 is 10.1 Å². The van der Waals surface area contributed by atoms with Gasteiger partial charge in [0.2, 0.25) is 5.91 Å². The van der Waals surface area contributed by atoms with Crippen LogP contribution in [-0.4, -0.2) is 24.1 Å². The molecule has 0 saturated heterocycles. The summed E-state index contributed by atoms with van der Waals surface area (Å²) in [6.07, 6.45) is 2.66. The van der Waals surface area contributed by atoms with E-state index in [9.17, 15) is 4.79 Å². The molecule has 4 nitrogen and oxygen atoms in total. The molecule has 0 bridgehead atoms. The average molecular weight is 274 g/mol. The maximum atomic E-state index is 11.4. The van der Waals surface area contributed by atoms with E-state index in [0.29, 0.717) is 13.0 Å². The van der Waals surface area contributed by atoms with Gasteiger partial charge in [-0.25, -0.2) is 0 Å². The molecule has 2 aromatic rings. The third-order valence-corrected chi connectivity index (χ3v) is 3.68. The van der Waals surface area contributed by atoms with Gasteiger partial charge in [-0.05, 0) is 23.8 Å². The Morgan fingerprint density at radius 2 is 2.20 bits per heavy atom. The van der Waals surface area contributed by atoms with Crippen LogP contribution in [0, 0.1) is 0 Å². The molecule has 1 aromatic heterocycles. The lowest BCUT2D eigenvalue weighted by molar-refractivity contribution is -0.120. The Bertz CT molecular complexity index is 616. The van der Waals surface area contributed by atoms with Gasteiger partial charge >= 0.3 is 0 Å². The number of benzene rings is 1. The fourth-order valence-electron chi connectivity index (χ4n) is 2.42. The number of hydrogen-bond donors (Lipinski definition) is 1. The Balaban J connectivity index is 2.30. The average Bonchev–Trinajstić information content (AvgIpc) is 2.80. The Hall–Kier alpha value is -1.97. The minimum Gasteiger partial charge on any atom is -0.497 e. The second-order valence-corrected chi connectivity index (χ2v) is 5.14. The molecule has 0 aliphatic heterocycles. The minimum atomic E-state index is 0.0923. The zero-order valence-corrected chi connectivity index (χ0v) is 12.6. The smallest absolute Gasteiger partial charge is 0.219 e. The quantitative estimate of drug-likeness (QED) is 0.911. The van der Waals surface area contributed by atoms with Crippen molar-refractivity contribution in [2.45, 2.75) is 26.2 Å². The van der Waals surface area contributed by atoms with Crippen LogP contribution >= 0.6 is 0 Å². The standard InChI is InChI=1S/C16H22N2O2/c1-5-16(19)17-9-11(2)14-10-18(3)15-7-6-12(20-4)8-13(14)15/h6-8,10-11H,5,9H2,1-4H3,(H,17,19). The van der Waals surface area contributed by atoms with Gasteiger partial charge in [0.05, 0.1) is 7.11 Å². The maximum absolute atomic E-state index is 11.4. The molecule has 20 heavy (non-hydrogen) atoms. The number of methoxy groups -OCH3 is 1. The first-order valence-corrected chi connectivity index (χ1v) is 6.96. The number of ether oxygens (including phenoxy) is 1. The normalized spacial score (nSPS) is 12.4. The van der Waals surface area contributed by atoms with E-state index >= 15 is 0 Å². The summed E-state index contributed by atoms with van der Waals surface area (Å²) in [4.78, 5) is 11.4. The third kappa shape index (κ3) is 2.79. The molecule has 1 aromatic carbocycles. The number of aryl methyl sites for hydroxylation is 1. The van der Waals surface area contributed by atoms with Gasteiger partial charge < -0.3 is 14.6 Å². The number of nitrogens with one attached hydrogen (secondary N) is 1. The fraction of sp³-hybridized carbons (Fsp3) is 0.438. The summed E-state index contributed by atoms with van der Waals surface area (Å²) in [5, 5.41) is 4.14. The molecule has 1 amide bonds. The van der Waals surface area contributed by atoms with Crippen molar-refractivity contribution < 1.29 is 9.53 Å². The van der Waals surface area contributed by atoms with E-state index in [1.807, 2.05) is 20.0 Å². The van der Waals surface area contributed by atoms with E-state index in [1.54, 1.807) is 7.11 Å². The van der Waals surface area contributed by atoms with E-state index in [0.717, 1.165) is 5.75 Å². The largest absolute Gasteiger partial charge is 0.497 e. The summed E-state index contributed by atoms with van der Waals surface area (Å²) in [6, 6.07) is 6.09. The molecule has 1 unspecified atom stereocenters. The van der Waals surface area contributed by atoms with Crippen molar-refractivity contribution in [1.29, 1.82) is 0 Å². The number of carbonyl (C=O) groups excluding carboxylic acids is 1. The lowest BCUT2D eigenvalue weighted by Gasteiger charge is -2.12. The van der Waals surface area contributed by atoms with Gasteiger partial charge in [-0.3, -0.25) is 4.79 Å². The molecule has 108 valence electrons. The second kappa shape index (κ2) is 5.99. The van der Waals surface area contributed by atoms with Crippen LogP contribution in [0.15, 0.2) is 24.4 Å². The molecule has 1 N–H and O–H groups in total. The van der Waals surface area contributed by atoms with E-state index < -0.39 is 0 Å². The van der Waals surface area contributed by atoms with Crippen LogP contribution in [0.3, 0.4) is 0 Å². The molecular weight excluding hydrogens is 252 g/mol. The zero-order valence-electron chi connectivity index (χ0n) is 12.6. The first-order valence-electron chi connectivity index (χ1n) is 6.96. The Morgan fingerprint density at radius 3 is 2.85 bits per heavy atom. The van der Waals surface area contributed by atoms with E-state index in [1.165, 1.54) is 16.5 Å². The highest BCUT2D eigenvalue weighted by molar-refractivity contribution is 5.86. The van der Waals surface area contributed by atoms with E-state index in [-0.39, 0.29) is 11.8 Å². The zero-order chi connectivity index (χ0) is 14.7. The van der Waals surface area contributed by atoms with Gasteiger partial charge in [0.1, 0.15) is 5.75 Å². The topological polar surface area (TPSA) is 43.3 Å². The van der Waals surface area contributed by atoms with Crippen LogP contribution in [0.25, 0.3) is 10.9 Å². The number of aromatic nitrogens is 1. The van der Waals surface area contributed by atoms with Crippen LogP contribution in [0.2, 0.25) is 0 Å². The van der Waals surface area contributed by atoms with Crippen LogP contribution in [0.4, 0.5) is 0 Å². The molecule has 0 fully saturated rings. The number of amides is 1. The number of rotatable bonds is 5. The van der Waals surface area contributed by atoms with Crippen molar-refractivity contribution >= 4 is 16.8 Å². The monoisotopic (exact) mass is 274 g/mol. The van der Waals surface area contributed by atoms with Crippen molar-refractivity contribution in [3.05, 3.63) is 30.0 Å². The molecule has 0 saturated carbocycles. The van der Waals surface area contributed by atoms with Crippen molar-refractivity contribution in [3.8, 4) is 5.75 Å². The first kappa shape index (κ1) is 14.4. The summed E-state index contributed by atoms with van der Waals surface area (Å²) in [6.45, 7) is 4.65. The first-order chi connectivity index (χ1) is 9.56. The molecule has 0 aliphatic carbocycles. The lowest BCUT2D eigenvalue weighted by Crippen LogP contribution is -2.26. The molecule has 0 aliphatic rings. The molecular formula is C16H22N2O2. The van der Waals surface area contributed by atoms with Crippen LogP contribution in [0.5, 0.6) is 5.75 Å². The highest BCUT2D eigenvalue weighted by Gasteiger charge is 2.14. The molecule has 1 atom stereocenters. The Morgan fingerprint density at radius 1 is 1.45 bits per heavy atom. The van der Waals surface area contributed by atoms with Gasteiger partial charge in [0.25, 0.3) is 0 Å². The molecule has 4 heteroatoms. The predicted molar refractivity (Wildman–Crippen MR) is 81.2 cm³/mol. The summed E-state index contributed by atoms with van der Waals surface area (Å²) in [5.41, 5.74) is 2.41. The van der Waals surface area contributed by atoms with Gasteiger partial charge in [-0.2, -0.15) is 0 Å². The SMILES string of the molecule is CCC(=O)NCC(C)c1cn(C)c2ccc(OC)cc12. The maximum Gasteiger partial charge on any atom is 0.219 e. The fourth-order valence-corrected chi connectivity index (χ4v) is 2.42. The second-order valence-electron chi connectivity index (χ2n) is 5.14. The van der Waals surface area contributed by atoms with Crippen LogP contribution in [0.1, 0.15) is 31.7 Å². The lowest BCUT2D eigenvalue weighted by atomic mass is 10.0. The van der Waals surface area contributed by atoms with Crippen molar-refractivity contribution in [2.24, 2.45) is 7.05 Å². The van der Waals surface area contributed by atoms with Gasteiger partial charge in [-0.15, -0.1) is 0 Å². The summed E-state index contributed by atoms with van der Waals surface area (Å²) < 4.78 is 7.42. The number of nitrogens with zero attached hydrogens (tertiary/aromatic N) is 1. The molecule has 0 spiro atoms. The minimum absolute atomic E-state index is 0.0923. The van der Waals surface area contributed by atoms with Crippen molar-refractivity contribution in [2.75, 3.05) is 13.7 Å². The Labute approximate surface area is 119 Å². The number of carbonyl (C=O) groups is 1.